The molecule has 5 heteroatoms. The van der Waals surface area contributed by atoms with Crippen LogP contribution in [0, 0.1) is 11.8 Å². The number of carbonyl (C=O) groups excluding carboxylic acids is 1. The average Bonchev–Trinajstić information content (AvgIpc) is 2.67. The van der Waals surface area contributed by atoms with Gasteiger partial charge in [0.2, 0.25) is 5.43 Å². The highest BCUT2D eigenvalue weighted by Crippen LogP contribution is 2.18. The Balaban J connectivity index is 1.74. The molecule has 0 radical (unpaired) electrons. The van der Waals surface area contributed by atoms with Gasteiger partial charge in [-0.15, -0.1) is 0 Å². The van der Waals surface area contributed by atoms with E-state index in [2.05, 4.69) is 11.8 Å². The molecule has 124 valence electrons. The number of hydrogen-bond acceptors (Lipinski definition) is 5. The van der Waals surface area contributed by atoms with Crippen LogP contribution in [0.1, 0.15) is 15.9 Å². The third-order valence-corrected chi connectivity index (χ3v) is 3.49. The van der Waals surface area contributed by atoms with Crippen LogP contribution in [0.15, 0.2) is 64.0 Å². The molecule has 0 bridgehead atoms. The number of rotatable bonds is 3. The summed E-state index contributed by atoms with van der Waals surface area (Å²) < 4.78 is 15.6. The van der Waals surface area contributed by atoms with Crippen LogP contribution >= 0.6 is 0 Å². The van der Waals surface area contributed by atoms with Gasteiger partial charge in [-0.25, -0.2) is 4.79 Å². The number of hydrogen-bond donors (Lipinski definition) is 0. The topological polar surface area (TPSA) is 65.7 Å². The molecule has 3 aromatic rings. The van der Waals surface area contributed by atoms with E-state index in [0.717, 1.165) is 0 Å². The van der Waals surface area contributed by atoms with Crippen LogP contribution in [0.5, 0.6) is 5.75 Å². The molecule has 0 fully saturated rings. The van der Waals surface area contributed by atoms with Crippen molar-refractivity contribution in [3.05, 3.63) is 76.1 Å². The van der Waals surface area contributed by atoms with Crippen LogP contribution in [0.4, 0.5) is 0 Å². The quantitative estimate of drug-likeness (QED) is 0.544. The SMILES string of the molecule is COc1ccc2c(=O)c(C#CCOC(=O)c3ccccc3)coc2c1. The Hall–Kier alpha value is -3.52. The van der Waals surface area contributed by atoms with Gasteiger partial charge in [0.1, 0.15) is 23.2 Å². The van der Waals surface area contributed by atoms with E-state index in [4.69, 9.17) is 13.9 Å². The number of fused-ring (bicyclic) bond motifs is 1. The predicted molar refractivity (Wildman–Crippen MR) is 92.6 cm³/mol. The van der Waals surface area contributed by atoms with Gasteiger partial charge < -0.3 is 13.9 Å². The van der Waals surface area contributed by atoms with E-state index < -0.39 is 5.97 Å². The lowest BCUT2D eigenvalue weighted by molar-refractivity contribution is 0.0556. The van der Waals surface area contributed by atoms with Crippen molar-refractivity contribution in [1.82, 2.24) is 0 Å². The Bertz CT molecular complexity index is 1020. The van der Waals surface area contributed by atoms with Crippen molar-refractivity contribution in [3.63, 3.8) is 0 Å². The van der Waals surface area contributed by atoms with Crippen molar-refractivity contribution in [2.45, 2.75) is 0 Å². The number of benzene rings is 2. The van der Waals surface area contributed by atoms with Crippen molar-refractivity contribution < 1.29 is 18.7 Å². The Kier molecular flexibility index (Phi) is 4.82. The molecule has 0 atom stereocenters. The molecule has 0 unspecified atom stereocenters. The van der Waals surface area contributed by atoms with E-state index in [1.165, 1.54) is 13.4 Å². The van der Waals surface area contributed by atoms with Crippen LogP contribution in [0.25, 0.3) is 11.0 Å². The predicted octanol–water partition coefficient (Wildman–Crippen LogP) is 3.01. The number of esters is 1. The molecule has 0 saturated heterocycles. The Morgan fingerprint density at radius 2 is 1.96 bits per heavy atom. The molecule has 0 spiro atoms. The fourth-order valence-corrected chi connectivity index (χ4v) is 2.21. The summed E-state index contributed by atoms with van der Waals surface area (Å²) in [5.74, 6) is 5.46. The van der Waals surface area contributed by atoms with Crippen molar-refractivity contribution in [1.29, 1.82) is 0 Å². The van der Waals surface area contributed by atoms with Crippen LogP contribution < -0.4 is 10.2 Å². The molecule has 3 rings (SSSR count). The molecule has 0 saturated carbocycles. The smallest absolute Gasteiger partial charge is 0.339 e. The lowest BCUT2D eigenvalue weighted by atomic mass is 10.1. The first kappa shape index (κ1) is 16.3. The zero-order chi connectivity index (χ0) is 17.6. The van der Waals surface area contributed by atoms with E-state index in [1.54, 1.807) is 42.5 Å². The van der Waals surface area contributed by atoms with E-state index in [1.807, 2.05) is 6.07 Å². The standard InChI is InChI=1S/C20H14O5/c1-23-16-9-10-17-18(12-16)25-13-15(19(17)21)8-5-11-24-20(22)14-6-3-2-4-7-14/h2-4,6-7,9-10,12-13H,11H2,1H3. The minimum atomic E-state index is -0.465. The lowest BCUT2D eigenvalue weighted by Gasteiger charge is -2.01. The number of methoxy groups -OCH3 is 1. The van der Waals surface area contributed by atoms with Crippen molar-refractivity contribution in [2.24, 2.45) is 0 Å². The van der Waals surface area contributed by atoms with Gasteiger partial charge >= 0.3 is 5.97 Å². The molecule has 5 nitrogen and oxygen atoms in total. The highest BCUT2D eigenvalue weighted by Gasteiger charge is 2.07. The average molecular weight is 334 g/mol. The second kappa shape index (κ2) is 7.37. The largest absolute Gasteiger partial charge is 0.497 e. The number of ether oxygens (including phenoxy) is 2. The van der Waals surface area contributed by atoms with E-state index in [-0.39, 0.29) is 17.6 Å². The fraction of sp³-hybridized carbons (Fsp3) is 0.100. The van der Waals surface area contributed by atoms with Crippen LogP contribution in [0.2, 0.25) is 0 Å². The first-order chi connectivity index (χ1) is 12.2. The summed E-state index contributed by atoms with van der Waals surface area (Å²) in [4.78, 5) is 24.1. The summed E-state index contributed by atoms with van der Waals surface area (Å²) in [6.07, 6.45) is 1.29. The maximum Gasteiger partial charge on any atom is 0.339 e. The normalized spacial score (nSPS) is 9.96. The van der Waals surface area contributed by atoms with Crippen LogP contribution in [-0.4, -0.2) is 19.7 Å². The molecule has 0 aliphatic rings. The zero-order valence-electron chi connectivity index (χ0n) is 13.4. The van der Waals surface area contributed by atoms with Crippen molar-refractivity contribution in [2.75, 3.05) is 13.7 Å². The van der Waals surface area contributed by atoms with Gasteiger partial charge in [0.15, 0.2) is 6.61 Å². The number of carbonyl (C=O) groups is 1. The molecule has 1 aromatic heterocycles. The first-order valence-corrected chi connectivity index (χ1v) is 7.49. The molecule has 2 aromatic carbocycles. The molecule has 0 aliphatic heterocycles. The molecular formula is C20H14O5. The van der Waals surface area contributed by atoms with Crippen LogP contribution in [-0.2, 0) is 4.74 Å². The summed E-state index contributed by atoms with van der Waals surface area (Å²) >= 11 is 0. The third kappa shape index (κ3) is 3.70. The van der Waals surface area contributed by atoms with Gasteiger partial charge in [0.25, 0.3) is 0 Å². The molecule has 25 heavy (non-hydrogen) atoms. The second-order valence-corrected chi connectivity index (χ2v) is 5.08. The second-order valence-electron chi connectivity index (χ2n) is 5.08. The van der Waals surface area contributed by atoms with Gasteiger partial charge in [0, 0.05) is 6.07 Å². The zero-order valence-corrected chi connectivity index (χ0v) is 13.4. The fourth-order valence-electron chi connectivity index (χ4n) is 2.21. The van der Waals surface area contributed by atoms with E-state index >= 15 is 0 Å². The highest BCUT2D eigenvalue weighted by molar-refractivity contribution is 5.89. The summed E-state index contributed by atoms with van der Waals surface area (Å²) in [6, 6.07) is 13.6. The maximum absolute atomic E-state index is 12.4. The highest BCUT2D eigenvalue weighted by atomic mass is 16.5. The van der Waals surface area contributed by atoms with E-state index in [9.17, 15) is 9.59 Å². The lowest BCUT2D eigenvalue weighted by Crippen LogP contribution is -2.07. The molecule has 0 amide bonds. The van der Waals surface area contributed by atoms with Crippen molar-refractivity contribution >= 4 is 16.9 Å². The van der Waals surface area contributed by atoms with Gasteiger partial charge in [-0.1, -0.05) is 30.0 Å². The van der Waals surface area contributed by atoms with Crippen molar-refractivity contribution in [3.8, 4) is 17.6 Å². The Morgan fingerprint density at radius 3 is 2.72 bits per heavy atom. The summed E-state index contributed by atoms with van der Waals surface area (Å²) in [6.45, 7) is -0.117. The molecular weight excluding hydrogens is 320 g/mol. The first-order valence-electron chi connectivity index (χ1n) is 7.49. The molecule has 1 heterocycles. The third-order valence-electron chi connectivity index (χ3n) is 3.49. The van der Waals surface area contributed by atoms with Gasteiger partial charge in [-0.2, -0.15) is 0 Å². The van der Waals surface area contributed by atoms with Gasteiger partial charge in [0.05, 0.1) is 18.1 Å². The Labute approximate surface area is 143 Å². The van der Waals surface area contributed by atoms with Gasteiger partial charge in [-0.3, -0.25) is 4.79 Å². The van der Waals surface area contributed by atoms with Gasteiger partial charge in [-0.05, 0) is 24.3 Å². The monoisotopic (exact) mass is 334 g/mol. The summed E-state index contributed by atoms with van der Waals surface area (Å²) in [5.41, 5.74) is 0.827. The summed E-state index contributed by atoms with van der Waals surface area (Å²) in [5, 5.41) is 0.411. The maximum atomic E-state index is 12.4. The molecule has 0 N–H and O–H groups in total. The van der Waals surface area contributed by atoms with E-state index in [0.29, 0.717) is 22.3 Å². The Morgan fingerprint density at radius 1 is 1.16 bits per heavy atom. The minimum absolute atomic E-state index is 0.117. The molecule has 0 aliphatic carbocycles. The summed E-state index contributed by atoms with van der Waals surface area (Å²) in [7, 11) is 1.54. The minimum Gasteiger partial charge on any atom is -0.497 e. The van der Waals surface area contributed by atoms with Crippen LogP contribution in [0.3, 0.4) is 0 Å².